The minimum atomic E-state index is -0.285. The number of halogens is 3. The van der Waals surface area contributed by atoms with E-state index in [0.29, 0.717) is 10.3 Å². The van der Waals surface area contributed by atoms with Gasteiger partial charge in [-0.3, -0.25) is 0 Å². The van der Waals surface area contributed by atoms with Crippen molar-refractivity contribution >= 4 is 44.3 Å². The van der Waals surface area contributed by atoms with Crippen LogP contribution in [0, 0.1) is 16.3 Å². The van der Waals surface area contributed by atoms with Crippen molar-refractivity contribution in [2.24, 2.45) is 0 Å². The SMILES string of the molecule is CCCNc1nc(-c2ccc(F)cc2Br)nc(C)c1I. The van der Waals surface area contributed by atoms with Gasteiger partial charge in [0, 0.05) is 16.6 Å². The third-order valence-electron chi connectivity index (χ3n) is 2.73. The normalized spacial score (nSPS) is 10.7. The van der Waals surface area contributed by atoms with E-state index in [1.165, 1.54) is 12.1 Å². The Morgan fingerprint density at radius 3 is 2.75 bits per heavy atom. The lowest BCUT2D eigenvalue weighted by Crippen LogP contribution is -2.07. The quantitative estimate of drug-likeness (QED) is 0.682. The van der Waals surface area contributed by atoms with E-state index < -0.39 is 0 Å². The summed E-state index contributed by atoms with van der Waals surface area (Å²) in [5.74, 6) is 1.13. The van der Waals surface area contributed by atoms with Gasteiger partial charge in [-0.05, 0) is 70.1 Å². The first-order valence-electron chi connectivity index (χ1n) is 6.26. The zero-order valence-corrected chi connectivity index (χ0v) is 14.9. The Balaban J connectivity index is 2.48. The lowest BCUT2D eigenvalue weighted by Gasteiger charge is -2.11. The predicted molar refractivity (Wildman–Crippen MR) is 91.4 cm³/mol. The van der Waals surface area contributed by atoms with Crippen LogP contribution in [0.15, 0.2) is 22.7 Å². The Morgan fingerprint density at radius 1 is 1.35 bits per heavy atom. The Morgan fingerprint density at radius 2 is 2.10 bits per heavy atom. The van der Waals surface area contributed by atoms with Crippen LogP contribution < -0.4 is 5.32 Å². The van der Waals surface area contributed by atoms with E-state index in [1.54, 1.807) is 6.07 Å². The molecule has 0 aliphatic carbocycles. The number of nitrogens with one attached hydrogen (secondary N) is 1. The standard InChI is InChI=1S/C14H14BrFIN3/c1-3-6-18-14-12(17)8(2)19-13(20-14)10-5-4-9(16)7-11(10)15/h4-5,7H,3,6H2,1-2H3,(H,18,19,20). The Kier molecular flexibility index (Phi) is 5.31. The van der Waals surface area contributed by atoms with E-state index in [4.69, 9.17) is 0 Å². The predicted octanol–water partition coefficient (Wildman–Crippen LogP) is 4.78. The van der Waals surface area contributed by atoms with E-state index in [2.05, 4.69) is 60.7 Å². The molecule has 0 amide bonds. The topological polar surface area (TPSA) is 37.8 Å². The van der Waals surface area contributed by atoms with Crippen LogP contribution in [0.3, 0.4) is 0 Å². The lowest BCUT2D eigenvalue weighted by atomic mass is 10.2. The van der Waals surface area contributed by atoms with Crippen LogP contribution in [0.4, 0.5) is 10.2 Å². The molecule has 6 heteroatoms. The number of aryl methyl sites for hydroxylation is 1. The molecule has 0 saturated heterocycles. The summed E-state index contributed by atoms with van der Waals surface area (Å²) in [6, 6.07) is 4.52. The number of hydrogen-bond donors (Lipinski definition) is 1. The van der Waals surface area contributed by atoms with Crippen molar-refractivity contribution in [3.8, 4) is 11.4 Å². The van der Waals surface area contributed by atoms with Crippen molar-refractivity contribution in [1.82, 2.24) is 9.97 Å². The van der Waals surface area contributed by atoms with Gasteiger partial charge in [-0.15, -0.1) is 0 Å². The van der Waals surface area contributed by atoms with Crippen LogP contribution >= 0.6 is 38.5 Å². The molecule has 20 heavy (non-hydrogen) atoms. The Hall–Kier alpha value is -0.760. The maximum atomic E-state index is 13.2. The second-order valence-electron chi connectivity index (χ2n) is 4.35. The molecule has 0 bridgehead atoms. The first-order valence-corrected chi connectivity index (χ1v) is 8.13. The average Bonchev–Trinajstić information content (AvgIpc) is 2.40. The van der Waals surface area contributed by atoms with Crippen LogP contribution in [0.25, 0.3) is 11.4 Å². The molecule has 0 aliphatic rings. The van der Waals surface area contributed by atoms with E-state index in [1.807, 2.05) is 6.92 Å². The lowest BCUT2D eigenvalue weighted by molar-refractivity contribution is 0.627. The zero-order valence-electron chi connectivity index (χ0n) is 11.2. The summed E-state index contributed by atoms with van der Waals surface area (Å²) in [5.41, 5.74) is 1.69. The molecule has 0 unspecified atom stereocenters. The molecule has 0 radical (unpaired) electrons. The first kappa shape index (κ1) is 15.6. The summed E-state index contributed by atoms with van der Waals surface area (Å²) in [7, 11) is 0. The largest absolute Gasteiger partial charge is 0.369 e. The minimum absolute atomic E-state index is 0.285. The molecule has 1 N–H and O–H groups in total. The molecular formula is C14H14BrFIN3. The van der Waals surface area contributed by atoms with Gasteiger partial charge in [-0.2, -0.15) is 0 Å². The number of benzene rings is 1. The summed E-state index contributed by atoms with van der Waals surface area (Å²) in [4.78, 5) is 9.04. The van der Waals surface area contributed by atoms with Gasteiger partial charge in [0.05, 0.1) is 9.26 Å². The van der Waals surface area contributed by atoms with Gasteiger partial charge < -0.3 is 5.32 Å². The smallest absolute Gasteiger partial charge is 0.162 e. The third kappa shape index (κ3) is 3.46. The summed E-state index contributed by atoms with van der Waals surface area (Å²) in [5, 5.41) is 3.30. The van der Waals surface area contributed by atoms with Crippen LogP contribution in [-0.4, -0.2) is 16.5 Å². The molecule has 1 heterocycles. The van der Waals surface area contributed by atoms with Crippen LogP contribution in [-0.2, 0) is 0 Å². The van der Waals surface area contributed by atoms with Crippen molar-refractivity contribution in [2.75, 3.05) is 11.9 Å². The molecule has 0 fully saturated rings. The van der Waals surface area contributed by atoms with Crippen LogP contribution in [0.2, 0.25) is 0 Å². The molecule has 3 nitrogen and oxygen atoms in total. The van der Waals surface area contributed by atoms with Crippen molar-refractivity contribution in [2.45, 2.75) is 20.3 Å². The number of rotatable bonds is 4. The fourth-order valence-electron chi connectivity index (χ4n) is 1.71. The first-order chi connectivity index (χ1) is 9.52. The molecule has 0 spiro atoms. The van der Waals surface area contributed by atoms with Gasteiger partial charge in [0.2, 0.25) is 0 Å². The zero-order chi connectivity index (χ0) is 14.7. The number of aromatic nitrogens is 2. The Labute approximate surface area is 139 Å². The molecule has 1 aromatic carbocycles. The highest BCUT2D eigenvalue weighted by atomic mass is 127. The molecule has 106 valence electrons. The fraction of sp³-hybridized carbons (Fsp3) is 0.286. The molecular weight excluding hydrogens is 436 g/mol. The maximum Gasteiger partial charge on any atom is 0.162 e. The van der Waals surface area contributed by atoms with Crippen LogP contribution in [0.1, 0.15) is 19.0 Å². The number of anilines is 1. The summed E-state index contributed by atoms with van der Waals surface area (Å²) in [6.45, 7) is 4.91. The van der Waals surface area contributed by atoms with Crippen molar-refractivity contribution in [3.05, 3.63) is 37.8 Å². The molecule has 0 aliphatic heterocycles. The van der Waals surface area contributed by atoms with E-state index in [9.17, 15) is 4.39 Å². The summed E-state index contributed by atoms with van der Waals surface area (Å²) >= 11 is 5.60. The molecule has 0 atom stereocenters. The van der Waals surface area contributed by atoms with Crippen LogP contribution in [0.5, 0.6) is 0 Å². The minimum Gasteiger partial charge on any atom is -0.369 e. The third-order valence-corrected chi connectivity index (χ3v) is 4.68. The highest BCUT2D eigenvalue weighted by Gasteiger charge is 2.13. The molecule has 2 rings (SSSR count). The molecule has 2 aromatic rings. The van der Waals surface area contributed by atoms with Crippen molar-refractivity contribution in [3.63, 3.8) is 0 Å². The van der Waals surface area contributed by atoms with E-state index >= 15 is 0 Å². The highest BCUT2D eigenvalue weighted by Crippen LogP contribution is 2.29. The Bertz CT molecular complexity index is 634. The number of hydrogen-bond acceptors (Lipinski definition) is 3. The number of nitrogens with zero attached hydrogens (tertiary/aromatic N) is 2. The molecule has 0 saturated carbocycles. The van der Waals surface area contributed by atoms with E-state index in [-0.39, 0.29) is 5.82 Å². The van der Waals surface area contributed by atoms with Crippen molar-refractivity contribution in [1.29, 1.82) is 0 Å². The van der Waals surface area contributed by atoms with Gasteiger partial charge >= 0.3 is 0 Å². The molecule has 1 aromatic heterocycles. The average molecular weight is 450 g/mol. The van der Waals surface area contributed by atoms with Gasteiger partial charge in [-0.25, -0.2) is 14.4 Å². The highest BCUT2D eigenvalue weighted by molar-refractivity contribution is 14.1. The second-order valence-corrected chi connectivity index (χ2v) is 6.28. The van der Waals surface area contributed by atoms with E-state index in [0.717, 1.165) is 33.6 Å². The van der Waals surface area contributed by atoms with Gasteiger partial charge in [0.15, 0.2) is 5.82 Å². The summed E-state index contributed by atoms with van der Waals surface area (Å²) < 4.78 is 14.8. The van der Waals surface area contributed by atoms with Crippen molar-refractivity contribution < 1.29 is 4.39 Å². The second kappa shape index (κ2) is 6.80. The summed E-state index contributed by atoms with van der Waals surface area (Å²) in [6.07, 6.45) is 1.02. The van der Waals surface area contributed by atoms with Gasteiger partial charge in [-0.1, -0.05) is 6.92 Å². The fourth-order valence-corrected chi connectivity index (χ4v) is 2.67. The van der Waals surface area contributed by atoms with Gasteiger partial charge in [0.25, 0.3) is 0 Å². The van der Waals surface area contributed by atoms with Gasteiger partial charge in [0.1, 0.15) is 11.6 Å². The maximum absolute atomic E-state index is 13.2. The monoisotopic (exact) mass is 449 g/mol.